The highest BCUT2D eigenvalue weighted by Gasteiger charge is 2.31. The van der Waals surface area contributed by atoms with Crippen molar-refractivity contribution in [2.24, 2.45) is 0 Å². The lowest BCUT2D eigenvalue weighted by Crippen LogP contribution is -2.25. The highest BCUT2D eigenvalue weighted by atomic mass is 16.2. The van der Waals surface area contributed by atoms with Crippen molar-refractivity contribution in [3.8, 4) is 0 Å². The number of amides is 1. The Bertz CT molecular complexity index is 901. The predicted octanol–water partition coefficient (Wildman–Crippen LogP) is 4.17. The fourth-order valence-electron chi connectivity index (χ4n) is 2.98. The van der Waals surface area contributed by atoms with Gasteiger partial charge in [-0.15, -0.1) is 0 Å². The number of nitrogens with zero attached hydrogens (tertiary/aromatic N) is 2. The van der Waals surface area contributed by atoms with Crippen molar-refractivity contribution in [1.29, 1.82) is 0 Å². The molecule has 0 fully saturated rings. The van der Waals surface area contributed by atoms with Crippen LogP contribution >= 0.6 is 0 Å². The predicted molar refractivity (Wildman–Crippen MR) is 96.2 cm³/mol. The van der Waals surface area contributed by atoms with E-state index in [1.54, 1.807) is 6.20 Å². The Morgan fingerprint density at radius 2 is 1.62 bits per heavy atom. The van der Waals surface area contributed by atoms with Crippen LogP contribution in [0.5, 0.6) is 0 Å². The summed E-state index contributed by atoms with van der Waals surface area (Å²) in [7, 11) is 0. The van der Waals surface area contributed by atoms with Crippen molar-refractivity contribution in [1.82, 2.24) is 4.98 Å². The van der Waals surface area contributed by atoms with Gasteiger partial charge in [-0.25, -0.2) is 0 Å². The molecule has 116 valence electrons. The van der Waals surface area contributed by atoms with Gasteiger partial charge in [-0.2, -0.15) is 0 Å². The van der Waals surface area contributed by atoms with Crippen LogP contribution in [0, 0.1) is 0 Å². The van der Waals surface area contributed by atoms with Crippen LogP contribution in [0.3, 0.4) is 0 Å². The van der Waals surface area contributed by atoms with E-state index in [0.717, 1.165) is 22.5 Å². The molecular weight excluding hydrogens is 296 g/mol. The third-order valence-electron chi connectivity index (χ3n) is 4.12. The van der Waals surface area contributed by atoms with Gasteiger partial charge >= 0.3 is 0 Å². The van der Waals surface area contributed by atoms with Crippen LogP contribution in [0.15, 0.2) is 79.0 Å². The van der Waals surface area contributed by atoms with Gasteiger partial charge in [0.2, 0.25) is 0 Å². The molecule has 0 atom stereocenters. The average Bonchev–Trinajstić information content (AvgIpc) is 2.90. The van der Waals surface area contributed by atoms with E-state index >= 15 is 0 Å². The van der Waals surface area contributed by atoms with Gasteiger partial charge in [0.1, 0.15) is 0 Å². The van der Waals surface area contributed by atoms with Gasteiger partial charge in [-0.3, -0.25) is 9.78 Å². The van der Waals surface area contributed by atoms with E-state index in [4.69, 9.17) is 0 Å². The molecule has 3 aromatic rings. The van der Waals surface area contributed by atoms with Gasteiger partial charge in [0.05, 0.1) is 23.5 Å². The highest BCUT2D eigenvalue weighted by molar-refractivity contribution is 6.35. The molecule has 3 nitrogen and oxygen atoms in total. The minimum absolute atomic E-state index is 0.0192. The number of benzene rings is 2. The maximum absolute atomic E-state index is 13.0. The van der Waals surface area contributed by atoms with Crippen LogP contribution in [-0.2, 0) is 11.3 Å². The van der Waals surface area contributed by atoms with Gasteiger partial charge in [0.15, 0.2) is 0 Å². The molecule has 1 amide bonds. The zero-order valence-corrected chi connectivity index (χ0v) is 13.1. The molecule has 2 heterocycles. The van der Waals surface area contributed by atoms with Gasteiger partial charge in [-0.1, -0.05) is 54.6 Å². The fourth-order valence-corrected chi connectivity index (χ4v) is 2.98. The molecule has 0 saturated heterocycles. The molecule has 1 aliphatic rings. The topological polar surface area (TPSA) is 33.2 Å². The third kappa shape index (κ3) is 2.61. The number of carbonyl (C=O) groups is 1. The molecule has 0 radical (unpaired) electrons. The van der Waals surface area contributed by atoms with Crippen LogP contribution in [0.4, 0.5) is 5.69 Å². The van der Waals surface area contributed by atoms with E-state index in [9.17, 15) is 4.79 Å². The fraction of sp³-hybridized carbons (Fsp3) is 0.0476. The molecule has 0 bridgehead atoms. The van der Waals surface area contributed by atoms with E-state index < -0.39 is 0 Å². The molecule has 0 aliphatic carbocycles. The minimum atomic E-state index is 0.0192. The average molecular weight is 312 g/mol. The Balaban J connectivity index is 1.76. The summed E-state index contributed by atoms with van der Waals surface area (Å²) in [6.45, 7) is 0.566. The van der Waals surface area contributed by atoms with E-state index in [2.05, 4.69) is 4.98 Å². The number of para-hydroxylation sites is 1. The zero-order valence-electron chi connectivity index (χ0n) is 13.1. The lowest BCUT2D eigenvalue weighted by Gasteiger charge is -2.17. The van der Waals surface area contributed by atoms with Crippen molar-refractivity contribution in [3.63, 3.8) is 0 Å². The van der Waals surface area contributed by atoms with E-state index in [-0.39, 0.29) is 5.91 Å². The second kappa shape index (κ2) is 6.13. The Kier molecular flexibility index (Phi) is 3.67. The maximum atomic E-state index is 13.0. The summed E-state index contributed by atoms with van der Waals surface area (Å²) < 4.78 is 0. The van der Waals surface area contributed by atoms with E-state index in [0.29, 0.717) is 12.1 Å². The lowest BCUT2D eigenvalue weighted by molar-refractivity contribution is -0.113. The summed E-state index contributed by atoms with van der Waals surface area (Å²) in [4.78, 5) is 19.1. The summed E-state index contributed by atoms with van der Waals surface area (Å²) in [5, 5.41) is 0. The molecule has 0 saturated carbocycles. The molecule has 1 aliphatic heterocycles. The zero-order chi connectivity index (χ0) is 16.4. The number of rotatable bonds is 3. The van der Waals surface area contributed by atoms with E-state index in [1.165, 1.54) is 0 Å². The Labute approximate surface area is 140 Å². The first-order valence-corrected chi connectivity index (χ1v) is 7.91. The maximum Gasteiger partial charge on any atom is 0.259 e. The number of pyridine rings is 1. The molecule has 0 N–H and O–H groups in total. The Morgan fingerprint density at radius 3 is 2.42 bits per heavy atom. The monoisotopic (exact) mass is 312 g/mol. The summed E-state index contributed by atoms with van der Waals surface area (Å²) >= 11 is 0. The molecular formula is C21H16N2O. The second-order valence-electron chi connectivity index (χ2n) is 5.71. The largest absolute Gasteiger partial charge is 0.303 e. The first kappa shape index (κ1) is 14.4. The summed E-state index contributed by atoms with van der Waals surface area (Å²) in [6.07, 6.45) is 3.60. The number of hydrogen-bond donors (Lipinski definition) is 0. The van der Waals surface area contributed by atoms with Crippen LogP contribution < -0.4 is 4.90 Å². The van der Waals surface area contributed by atoms with Gasteiger partial charge in [0.25, 0.3) is 5.91 Å². The molecule has 1 aromatic heterocycles. The first-order chi connectivity index (χ1) is 11.8. The van der Waals surface area contributed by atoms with Crippen LogP contribution in [0.25, 0.3) is 11.6 Å². The number of aromatic nitrogens is 1. The lowest BCUT2D eigenvalue weighted by atomic mass is 10.1. The SMILES string of the molecule is O=C1C(=Cc2ccccn2)c2ccccc2N1Cc1ccccc1. The number of fused-ring (bicyclic) bond motifs is 1. The quantitative estimate of drug-likeness (QED) is 0.680. The Morgan fingerprint density at radius 1 is 0.875 bits per heavy atom. The van der Waals surface area contributed by atoms with Crippen molar-refractivity contribution in [3.05, 3.63) is 95.8 Å². The normalized spacial score (nSPS) is 14.9. The molecule has 3 heteroatoms. The van der Waals surface area contributed by atoms with Crippen LogP contribution in [0.1, 0.15) is 16.8 Å². The third-order valence-corrected chi connectivity index (χ3v) is 4.12. The van der Waals surface area contributed by atoms with Crippen molar-refractivity contribution in [2.75, 3.05) is 4.90 Å². The Hall–Kier alpha value is -3.20. The van der Waals surface area contributed by atoms with Gasteiger partial charge in [0, 0.05) is 11.8 Å². The minimum Gasteiger partial charge on any atom is -0.303 e. The van der Waals surface area contributed by atoms with Crippen LogP contribution in [0.2, 0.25) is 0 Å². The van der Waals surface area contributed by atoms with Gasteiger partial charge < -0.3 is 4.90 Å². The van der Waals surface area contributed by atoms with Crippen LogP contribution in [-0.4, -0.2) is 10.9 Å². The molecule has 4 rings (SSSR count). The van der Waals surface area contributed by atoms with Crippen molar-refractivity contribution in [2.45, 2.75) is 6.54 Å². The summed E-state index contributed by atoms with van der Waals surface area (Å²) in [5.74, 6) is 0.0192. The first-order valence-electron chi connectivity index (χ1n) is 7.91. The van der Waals surface area contributed by atoms with Gasteiger partial charge in [-0.05, 0) is 29.8 Å². The number of carbonyl (C=O) groups excluding carboxylic acids is 1. The van der Waals surface area contributed by atoms with Crippen molar-refractivity contribution >= 4 is 23.2 Å². The smallest absolute Gasteiger partial charge is 0.259 e. The number of anilines is 1. The highest BCUT2D eigenvalue weighted by Crippen LogP contribution is 2.38. The summed E-state index contributed by atoms with van der Waals surface area (Å²) in [5.41, 5.74) is 4.51. The molecule has 0 unspecified atom stereocenters. The second-order valence-corrected chi connectivity index (χ2v) is 5.71. The molecule has 24 heavy (non-hydrogen) atoms. The number of hydrogen-bond acceptors (Lipinski definition) is 2. The van der Waals surface area contributed by atoms with Crippen molar-refractivity contribution < 1.29 is 4.79 Å². The summed E-state index contributed by atoms with van der Waals surface area (Å²) in [6, 6.07) is 23.7. The molecule has 2 aromatic carbocycles. The molecule has 0 spiro atoms. The standard InChI is InChI=1S/C21H16N2O/c24-21-19(14-17-10-6-7-13-22-17)18-11-4-5-12-20(18)23(21)15-16-8-2-1-3-9-16/h1-14H,15H2. The van der Waals surface area contributed by atoms with E-state index in [1.807, 2.05) is 83.8 Å².